The van der Waals surface area contributed by atoms with Gasteiger partial charge in [-0.15, -0.1) is 0 Å². The molecule has 1 N–H and O–H groups in total. The lowest BCUT2D eigenvalue weighted by Gasteiger charge is -2.30. The summed E-state index contributed by atoms with van der Waals surface area (Å²) in [6.07, 6.45) is 0. The molecule has 0 bridgehead atoms. The minimum Gasteiger partial charge on any atom is -0.334 e. The van der Waals surface area contributed by atoms with Crippen molar-refractivity contribution in [3.63, 3.8) is 0 Å². The van der Waals surface area contributed by atoms with E-state index < -0.39 is 0 Å². The molecule has 1 atom stereocenters. The van der Waals surface area contributed by atoms with E-state index in [1.54, 1.807) is 0 Å². The average molecular weight is 272 g/mol. The number of piperazine rings is 1. The third kappa shape index (κ3) is 3.05. The maximum Gasteiger partial charge on any atom is 0.257 e. The highest BCUT2D eigenvalue weighted by atomic mass is 16.5. The summed E-state index contributed by atoms with van der Waals surface area (Å²) in [6, 6.07) is 8.65. The predicted molar refractivity (Wildman–Crippen MR) is 77.2 cm³/mol. The minimum atomic E-state index is 0.521. The van der Waals surface area contributed by atoms with Crippen molar-refractivity contribution in [3.8, 4) is 11.5 Å². The number of aromatic nitrogens is 2. The monoisotopic (exact) mass is 272 g/mol. The lowest BCUT2D eigenvalue weighted by atomic mass is 10.1. The molecule has 0 radical (unpaired) electrons. The highest BCUT2D eigenvalue weighted by molar-refractivity contribution is 5.53. The van der Waals surface area contributed by atoms with E-state index in [1.165, 1.54) is 5.56 Å². The molecule has 1 aliphatic heterocycles. The van der Waals surface area contributed by atoms with Gasteiger partial charge in [-0.1, -0.05) is 22.9 Å². The average Bonchev–Trinajstić information content (AvgIpc) is 2.88. The molecule has 2 aromatic rings. The number of rotatable bonds is 3. The van der Waals surface area contributed by atoms with Gasteiger partial charge < -0.3 is 9.84 Å². The number of aryl methyl sites for hydroxylation is 1. The Balaban J connectivity index is 1.69. The van der Waals surface area contributed by atoms with E-state index in [-0.39, 0.29) is 0 Å². The zero-order valence-corrected chi connectivity index (χ0v) is 12.0. The summed E-state index contributed by atoms with van der Waals surface area (Å²) in [5.74, 6) is 1.36. The van der Waals surface area contributed by atoms with Crippen molar-refractivity contribution in [1.82, 2.24) is 20.4 Å². The topological polar surface area (TPSA) is 54.2 Å². The smallest absolute Gasteiger partial charge is 0.257 e. The van der Waals surface area contributed by atoms with Crippen LogP contribution in [0.4, 0.5) is 0 Å². The molecule has 106 valence electrons. The molecular weight excluding hydrogens is 252 g/mol. The van der Waals surface area contributed by atoms with E-state index in [1.807, 2.05) is 12.1 Å². The molecule has 20 heavy (non-hydrogen) atoms. The van der Waals surface area contributed by atoms with E-state index >= 15 is 0 Å². The van der Waals surface area contributed by atoms with Crippen LogP contribution in [0, 0.1) is 6.92 Å². The highest BCUT2D eigenvalue weighted by Gasteiger charge is 2.18. The largest absolute Gasteiger partial charge is 0.334 e. The third-order valence-corrected chi connectivity index (χ3v) is 3.58. The Bertz CT molecular complexity index is 564. The first-order valence-electron chi connectivity index (χ1n) is 7.06. The van der Waals surface area contributed by atoms with Crippen molar-refractivity contribution in [3.05, 3.63) is 35.7 Å². The Morgan fingerprint density at radius 1 is 1.35 bits per heavy atom. The molecule has 0 saturated carbocycles. The maximum absolute atomic E-state index is 5.36. The molecule has 2 heterocycles. The number of nitrogens with one attached hydrogen (secondary N) is 1. The second-order valence-corrected chi connectivity index (χ2v) is 5.47. The minimum absolute atomic E-state index is 0.521. The zero-order valence-electron chi connectivity index (χ0n) is 12.0. The van der Waals surface area contributed by atoms with Gasteiger partial charge in [0.25, 0.3) is 5.89 Å². The number of hydrogen-bond donors (Lipinski definition) is 1. The van der Waals surface area contributed by atoms with Crippen LogP contribution in [-0.2, 0) is 6.54 Å². The van der Waals surface area contributed by atoms with Gasteiger partial charge >= 0.3 is 0 Å². The van der Waals surface area contributed by atoms with Crippen LogP contribution in [-0.4, -0.2) is 40.7 Å². The van der Waals surface area contributed by atoms with Gasteiger partial charge in [0.1, 0.15) is 0 Å². The molecule has 1 aliphatic rings. The van der Waals surface area contributed by atoms with Gasteiger partial charge in [-0.05, 0) is 26.0 Å². The van der Waals surface area contributed by atoms with E-state index in [4.69, 9.17) is 4.52 Å². The molecule has 1 fully saturated rings. The van der Waals surface area contributed by atoms with Crippen molar-refractivity contribution in [2.24, 2.45) is 0 Å². The lowest BCUT2D eigenvalue weighted by molar-refractivity contribution is 0.193. The van der Waals surface area contributed by atoms with Gasteiger partial charge in [0.2, 0.25) is 0 Å². The first-order chi connectivity index (χ1) is 9.70. The van der Waals surface area contributed by atoms with Crippen LogP contribution in [0.25, 0.3) is 11.5 Å². The van der Waals surface area contributed by atoms with E-state index in [2.05, 4.69) is 46.3 Å². The van der Waals surface area contributed by atoms with Crippen LogP contribution in [0.2, 0.25) is 0 Å². The standard InChI is InChI=1S/C15H20N4O/c1-11-3-5-13(6-4-11)15-17-14(18-20-15)10-19-8-7-16-12(2)9-19/h3-6,12,16H,7-10H2,1-2H3. The van der Waals surface area contributed by atoms with Gasteiger partial charge in [-0.25, -0.2) is 0 Å². The molecule has 5 heteroatoms. The molecule has 3 rings (SSSR count). The molecule has 0 aliphatic carbocycles. The second-order valence-electron chi connectivity index (χ2n) is 5.47. The summed E-state index contributed by atoms with van der Waals surface area (Å²) in [6.45, 7) is 8.08. The molecule has 5 nitrogen and oxygen atoms in total. The lowest BCUT2D eigenvalue weighted by Crippen LogP contribution is -2.48. The fraction of sp³-hybridized carbons (Fsp3) is 0.467. The molecule has 1 aromatic carbocycles. The number of benzene rings is 1. The van der Waals surface area contributed by atoms with Crippen LogP contribution in [0.1, 0.15) is 18.3 Å². The first kappa shape index (κ1) is 13.3. The van der Waals surface area contributed by atoms with Crippen LogP contribution in [0.3, 0.4) is 0 Å². The van der Waals surface area contributed by atoms with E-state index in [9.17, 15) is 0 Å². The molecule has 1 unspecified atom stereocenters. The van der Waals surface area contributed by atoms with Gasteiger partial charge in [-0.2, -0.15) is 4.98 Å². The summed E-state index contributed by atoms with van der Waals surface area (Å²) < 4.78 is 5.36. The van der Waals surface area contributed by atoms with Gasteiger partial charge in [0.05, 0.1) is 6.54 Å². The summed E-state index contributed by atoms with van der Waals surface area (Å²) >= 11 is 0. The quantitative estimate of drug-likeness (QED) is 0.924. The summed E-state index contributed by atoms with van der Waals surface area (Å²) in [5.41, 5.74) is 2.20. The van der Waals surface area contributed by atoms with Crippen molar-refractivity contribution >= 4 is 0 Å². The number of hydrogen-bond acceptors (Lipinski definition) is 5. The SMILES string of the molecule is Cc1ccc(-c2nc(CN3CCNC(C)C3)no2)cc1. The van der Waals surface area contributed by atoms with Crippen LogP contribution in [0.5, 0.6) is 0 Å². The van der Waals surface area contributed by atoms with Crippen molar-refractivity contribution < 1.29 is 4.52 Å². The third-order valence-electron chi connectivity index (χ3n) is 3.58. The Morgan fingerprint density at radius 2 is 2.15 bits per heavy atom. The fourth-order valence-corrected chi connectivity index (χ4v) is 2.49. The highest BCUT2D eigenvalue weighted by Crippen LogP contribution is 2.18. The van der Waals surface area contributed by atoms with Gasteiger partial charge in [0.15, 0.2) is 5.82 Å². The summed E-state index contributed by atoms with van der Waals surface area (Å²) in [7, 11) is 0. The Hall–Kier alpha value is -1.72. The van der Waals surface area contributed by atoms with E-state index in [0.29, 0.717) is 11.9 Å². The van der Waals surface area contributed by atoms with Crippen LogP contribution in [0.15, 0.2) is 28.8 Å². The number of nitrogens with zero attached hydrogens (tertiary/aromatic N) is 3. The second kappa shape index (κ2) is 5.73. The Labute approximate surface area is 119 Å². The molecule has 1 aromatic heterocycles. The summed E-state index contributed by atoms with van der Waals surface area (Å²) in [4.78, 5) is 6.84. The van der Waals surface area contributed by atoms with Crippen molar-refractivity contribution in [2.45, 2.75) is 26.4 Å². The predicted octanol–water partition coefficient (Wildman–Crippen LogP) is 1.84. The maximum atomic E-state index is 5.36. The first-order valence-corrected chi connectivity index (χ1v) is 7.06. The zero-order chi connectivity index (χ0) is 13.9. The van der Waals surface area contributed by atoms with Gasteiger partial charge in [-0.3, -0.25) is 4.90 Å². The normalized spacial score (nSPS) is 20.2. The molecular formula is C15H20N4O. The molecule has 1 saturated heterocycles. The summed E-state index contributed by atoms with van der Waals surface area (Å²) in [5, 5.41) is 7.51. The molecule has 0 amide bonds. The fourth-order valence-electron chi connectivity index (χ4n) is 2.49. The Morgan fingerprint density at radius 3 is 2.90 bits per heavy atom. The van der Waals surface area contributed by atoms with Crippen molar-refractivity contribution in [2.75, 3.05) is 19.6 Å². The van der Waals surface area contributed by atoms with Crippen LogP contribution < -0.4 is 5.32 Å². The Kier molecular flexibility index (Phi) is 3.80. The van der Waals surface area contributed by atoms with Crippen LogP contribution >= 0.6 is 0 Å². The van der Waals surface area contributed by atoms with Gasteiger partial charge in [0, 0.05) is 31.2 Å². The van der Waals surface area contributed by atoms with E-state index in [0.717, 1.165) is 37.6 Å². The van der Waals surface area contributed by atoms with Crippen molar-refractivity contribution in [1.29, 1.82) is 0 Å². The molecule has 0 spiro atoms.